The second-order valence-electron chi connectivity index (χ2n) is 5.93. The Bertz CT molecular complexity index is 1100. The molecule has 0 bridgehead atoms. The van der Waals surface area contributed by atoms with Gasteiger partial charge in [0.1, 0.15) is 17.4 Å². The average Bonchev–Trinajstić information content (AvgIpc) is 2.75. The molecule has 3 aromatic rings. The third kappa shape index (κ3) is 5.41. The molecule has 0 aliphatic heterocycles. The molecular formula is C23H15BrN2O3. The molecule has 0 aliphatic carbocycles. The lowest BCUT2D eigenvalue weighted by Crippen LogP contribution is -2.13. The van der Waals surface area contributed by atoms with Crippen molar-refractivity contribution in [2.75, 3.05) is 5.32 Å². The van der Waals surface area contributed by atoms with Gasteiger partial charge in [-0.15, -0.1) is 0 Å². The van der Waals surface area contributed by atoms with E-state index in [2.05, 4.69) is 21.2 Å². The fourth-order valence-corrected chi connectivity index (χ4v) is 2.82. The zero-order valence-corrected chi connectivity index (χ0v) is 16.7. The van der Waals surface area contributed by atoms with E-state index >= 15 is 0 Å². The highest BCUT2D eigenvalue weighted by Crippen LogP contribution is 2.22. The van der Waals surface area contributed by atoms with Crippen LogP contribution in [0.5, 0.6) is 5.75 Å². The van der Waals surface area contributed by atoms with E-state index in [0.717, 1.165) is 4.47 Å². The van der Waals surface area contributed by atoms with Crippen molar-refractivity contribution in [3.63, 3.8) is 0 Å². The molecule has 6 heteroatoms. The fourth-order valence-electron chi connectivity index (χ4n) is 2.44. The number of esters is 1. The average molecular weight is 447 g/mol. The number of carbonyl (C=O) groups is 2. The van der Waals surface area contributed by atoms with E-state index in [9.17, 15) is 14.9 Å². The minimum Gasteiger partial charge on any atom is -0.423 e. The summed E-state index contributed by atoms with van der Waals surface area (Å²) in [6.45, 7) is 0. The molecular weight excluding hydrogens is 432 g/mol. The highest BCUT2D eigenvalue weighted by Gasteiger charge is 2.11. The Balaban J connectivity index is 1.70. The number of nitriles is 1. The lowest BCUT2D eigenvalue weighted by Gasteiger charge is -2.07. The second-order valence-corrected chi connectivity index (χ2v) is 6.78. The lowest BCUT2D eigenvalue weighted by atomic mass is 10.1. The fraction of sp³-hybridized carbons (Fsp3) is 0. The number of anilines is 1. The van der Waals surface area contributed by atoms with E-state index in [-0.39, 0.29) is 5.57 Å². The molecule has 0 aliphatic rings. The summed E-state index contributed by atoms with van der Waals surface area (Å²) in [4.78, 5) is 24.5. The van der Waals surface area contributed by atoms with E-state index in [1.165, 1.54) is 6.08 Å². The third-order valence-electron chi connectivity index (χ3n) is 3.90. The van der Waals surface area contributed by atoms with Crippen LogP contribution in [0.25, 0.3) is 6.08 Å². The number of para-hydroxylation sites is 1. The smallest absolute Gasteiger partial charge is 0.343 e. The van der Waals surface area contributed by atoms with Gasteiger partial charge in [-0.3, -0.25) is 4.79 Å². The van der Waals surface area contributed by atoms with Crippen molar-refractivity contribution in [2.45, 2.75) is 0 Å². The predicted octanol–water partition coefficient (Wildman–Crippen LogP) is 5.21. The Morgan fingerprint density at radius 2 is 1.59 bits per heavy atom. The summed E-state index contributed by atoms with van der Waals surface area (Å²) in [6, 6.07) is 24.2. The van der Waals surface area contributed by atoms with Crippen molar-refractivity contribution < 1.29 is 14.3 Å². The first-order valence-corrected chi connectivity index (χ1v) is 9.41. The van der Waals surface area contributed by atoms with Crippen molar-refractivity contribution >= 4 is 39.6 Å². The predicted molar refractivity (Wildman–Crippen MR) is 114 cm³/mol. The van der Waals surface area contributed by atoms with Crippen LogP contribution in [0, 0.1) is 11.3 Å². The summed E-state index contributed by atoms with van der Waals surface area (Å²) in [5, 5.41) is 12.0. The van der Waals surface area contributed by atoms with Gasteiger partial charge in [0.15, 0.2) is 0 Å². The summed E-state index contributed by atoms with van der Waals surface area (Å²) >= 11 is 3.35. The Morgan fingerprint density at radius 1 is 0.931 bits per heavy atom. The summed E-state index contributed by atoms with van der Waals surface area (Å²) in [7, 11) is 0. The summed E-state index contributed by atoms with van der Waals surface area (Å²) < 4.78 is 6.04. The van der Waals surface area contributed by atoms with Crippen molar-refractivity contribution in [1.82, 2.24) is 0 Å². The molecule has 0 spiro atoms. The number of benzene rings is 3. The van der Waals surface area contributed by atoms with Gasteiger partial charge in [0.25, 0.3) is 5.91 Å². The van der Waals surface area contributed by atoms with Gasteiger partial charge in [-0.2, -0.15) is 5.26 Å². The van der Waals surface area contributed by atoms with Gasteiger partial charge in [-0.05, 0) is 64.0 Å². The molecule has 0 unspecified atom stereocenters. The molecule has 3 rings (SSSR count). The van der Waals surface area contributed by atoms with Gasteiger partial charge in [0, 0.05) is 4.47 Å². The Kier molecular flexibility index (Phi) is 6.56. The van der Waals surface area contributed by atoms with Crippen molar-refractivity contribution in [1.29, 1.82) is 5.26 Å². The van der Waals surface area contributed by atoms with Crippen molar-refractivity contribution in [2.24, 2.45) is 0 Å². The van der Waals surface area contributed by atoms with E-state index < -0.39 is 11.9 Å². The molecule has 0 saturated carbocycles. The summed E-state index contributed by atoms with van der Waals surface area (Å²) in [5.74, 6) is -0.606. The SMILES string of the molecule is N#C/C(=C\c1ccc(OC(=O)c2ccccc2)cc1)C(=O)Nc1ccccc1Br. The highest BCUT2D eigenvalue weighted by molar-refractivity contribution is 9.10. The number of hydrogen-bond donors (Lipinski definition) is 1. The van der Waals surface area contributed by atoms with Gasteiger partial charge in [0.05, 0.1) is 11.3 Å². The van der Waals surface area contributed by atoms with Crippen LogP contribution >= 0.6 is 15.9 Å². The zero-order valence-electron chi connectivity index (χ0n) is 15.1. The quantitative estimate of drug-likeness (QED) is 0.252. The molecule has 0 heterocycles. The van der Waals surface area contributed by atoms with E-state index in [1.807, 2.05) is 18.2 Å². The van der Waals surface area contributed by atoms with Crippen LogP contribution in [0.1, 0.15) is 15.9 Å². The maximum absolute atomic E-state index is 12.4. The number of rotatable bonds is 5. The number of hydrogen-bond acceptors (Lipinski definition) is 4. The monoisotopic (exact) mass is 446 g/mol. The third-order valence-corrected chi connectivity index (χ3v) is 4.59. The number of nitrogens with one attached hydrogen (secondary N) is 1. The van der Waals surface area contributed by atoms with Gasteiger partial charge < -0.3 is 10.1 Å². The maximum Gasteiger partial charge on any atom is 0.343 e. The number of carbonyl (C=O) groups excluding carboxylic acids is 2. The van der Waals surface area contributed by atoms with Crippen LogP contribution in [0.4, 0.5) is 5.69 Å². The molecule has 1 N–H and O–H groups in total. The van der Waals surface area contributed by atoms with Gasteiger partial charge in [0.2, 0.25) is 0 Å². The first kappa shape index (κ1) is 20.1. The van der Waals surface area contributed by atoms with E-state index in [1.54, 1.807) is 66.7 Å². The first-order valence-electron chi connectivity index (χ1n) is 8.62. The molecule has 29 heavy (non-hydrogen) atoms. The normalized spacial score (nSPS) is 10.7. The molecule has 5 nitrogen and oxygen atoms in total. The van der Waals surface area contributed by atoms with Gasteiger partial charge in [-0.1, -0.05) is 42.5 Å². The van der Waals surface area contributed by atoms with Gasteiger partial charge >= 0.3 is 5.97 Å². The minimum absolute atomic E-state index is 0.0465. The minimum atomic E-state index is -0.515. The molecule has 0 atom stereocenters. The standard InChI is InChI=1S/C23H15BrN2O3/c24-20-8-4-5-9-21(20)26-22(27)18(15-25)14-16-10-12-19(13-11-16)29-23(28)17-6-2-1-3-7-17/h1-14H,(H,26,27)/b18-14+. The van der Waals surface area contributed by atoms with Crippen molar-refractivity contribution in [3.8, 4) is 11.8 Å². The molecule has 0 saturated heterocycles. The highest BCUT2D eigenvalue weighted by atomic mass is 79.9. The lowest BCUT2D eigenvalue weighted by molar-refractivity contribution is -0.112. The van der Waals surface area contributed by atoms with Crippen LogP contribution < -0.4 is 10.1 Å². The van der Waals surface area contributed by atoms with Crippen LogP contribution in [-0.2, 0) is 4.79 Å². The Morgan fingerprint density at radius 3 is 2.24 bits per heavy atom. The molecule has 3 aromatic carbocycles. The van der Waals surface area contributed by atoms with Gasteiger partial charge in [-0.25, -0.2) is 4.79 Å². The van der Waals surface area contributed by atoms with Crippen LogP contribution in [0.2, 0.25) is 0 Å². The maximum atomic E-state index is 12.4. The number of amides is 1. The largest absolute Gasteiger partial charge is 0.423 e. The van der Waals surface area contributed by atoms with E-state index in [0.29, 0.717) is 22.6 Å². The summed E-state index contributed by atoms with van der Waals surface area (Å²) in [5.41, 5.74) is 1.60. The van der Waals surface area contributed by atoms with Crippen LogP contribution in [0.3, 0.4) is 0 Å². The second kappa shape index (κ2) is 9.49. The molecule has 0 fully saturated rings. The number of halogens is 1. The summed E-state index contributed by atoms with van der Waals surface area (Å²) in [6.07, 6.45) is 1.47. The molecule has 0 radical (unpaired) electrons. The van der Waals surface area contributed by atoms with E-state index in [4.69, 9.17) is 4.74 Å². The van der Waals surface area contributed by atoms with Crippen LogP contribution in [0.15, 0.2) is 88.9 Å². The Labute approximate surface area is 176 Å². The topological polar surface area (TPSA) is 79.2 Å². The Hall–Kier alpha value is -3.69. The molecule has 142 valence electrons. The first-order chi connectivity index (χ1) is 14.1. The molecule has 1 amide bonds. The zero-order chi connectivity index (χ0) is 20.6. The number of nitrogens with zero attached hydrogens (tertiary/aromatic N) is 1. The molecule has 0 aromatic heterocycles. The number of ether oxygens (including phenoxy) is 1. The van der Waals surface area contributed by atoms with Crippen LogP contribution in [-0.4, -0.2) is 11.9 Å². The van der Waals surface area contributed by atoms with Crippen molar-refractivity contribution in [3.05, 3.63) is 100 Å².